The molecule has 0 saturated heterocycles. The molecule has 5 nitrogen and oxygen atoms in total. The number of para-hydroxylation sites is 1. The van der Waals surface area contributed by atoms with Crippen molar-refractivity contribution >= 4 is 39.3 Å². The lowest BCUT2D eigenvalue weighted by molar-refractivity contribution is -0.133. The maximum Gasteiger partial charge on any atom is 0.313 e. The number of rotatable bonds is 3. The SMILES string of the molecule is CN(C)N.O=C(O)CSc1nc2ccccc2s1. The van der Waals surface area contributed by atoms with E-state index in [9.17, 15) is 4.79 Å². The van der Waals surface area contributed by atoms with E-state index in [2.05, 4.69) is 4.98 Å². The second-order valence-electron chi connectivity index (χ2n) is 3.59. The molecule has 0 spiro atoms. The molecule has 2 rings (SSSR count). The Balaban J connectivity index is 0.000000357. The van der Waals surface area contributed by atoms with Gasteiger partial charge >= 0.3 is 5.97 Å². The van der Waals surface area contributed by atoms with Crippen LogP contribution in [-0.4, -0.2) is 40.9 Å². The summed E-state index contributed by atoms with van der Waals surface area (Å²) in [5.74, 6) is 4.20. The van der Waals surface area contributed by atoms with Crippen molar-refractivity contribution in [2.45, 2.75) is 4.34 Å². The van der Waals surface area contributed by atoms with Crippen LogP contribution in [0.25, 0.3) is 10.2 Å². The summed E-state index contributed by atoms with van der Waals surface area (Å²) in [5.41, 5.74) is 0.936. The van der Waals surface area contributed by atoms with Gasteiger partial charge in [-0.05, 0) is 12.1 Å². The maximum atomic E-state index is 10.3. The normalized spacial score (nSPS) is 10.2. The molecule has 0 aliphatic heterocycles. The zero-order chi connectivity index (χ0) is 13.5. The average Bonchev–Trinajstić information content (AvgIpc) is 2.68. The molecule has 0 fully saturated rings. The predicted octanol–water partition coefficient (Wildman–Crippen LogP) is 1.89. The van der Waals surface area contributed by atoms with E-state index in [1.165, 1.54) is 28.1 Å². The molecule has 0 amide bonds. The fraction of sp³-hybridized carbons (Fsp3) is 0.273. The highest BCUT2D eigenvalue weighted by Crippen LogP contribution is 2.28. The van der Waals surface area contributed by atoms with Crippen molar-refractivity contribution in [3.63, 3.8) is 0 Å². The molecule has 0 atom stereocenters. The number of carbonyl (C=O) groups is 1. The summed E-state index contributed by atoms with van der Waals surface area (Å²) in [4.78, 5) is 14.6. The number of thiazole rings is 1. The van der Waals surface area contributed by atoms with Gasteiger partial charge in [-0.3, -0.25) is 15.6 Å². The van der Waals surface area contributed by atoms with Gasteiger partial charge in [0.1, 0.15) is 0 Å². The third kappa shape index (κ3) is 5.46. The predicted molar refractivity (Wildman–Crippen MR) is 75.9 cm³/mol. The molecule has 0 radical (unpaired) electrons. The lowest BCUT2D eigenvalue weighted by Crippen LogP contribution is -2.18. The van der Waals surface area contributed by atoms with Gasteiger partial charge in [-0.15, -0.1) is 11.3 Å². The van der Waals surface area contributed by atoms with E-state index in [0.29, 0.717) is 0 Å². The van der Waals surface area contributed by atoms with Gasteiger partial charge in [0, 0.05) is 14.1 Å². The highest BCUT2D eigenvalue weighted by atomic mass is 32.2. The highest BCUT2D eigenvalue weighted by Gasteiger charge is 2.05. The fourth-order valence-electron chi connectivity index (χ4n) is 1.04. The Hall–Kier alpha value is -1.15. The Morgan fingerprint density at radius 2 is 2.11 bits per heavy atom. The molecule has 7 heteroatoms. The zero-order valence-electron chi connectivity index (χ0n) is 10.2. The Morgan fingerprint density at radius 1 is 1.50 bits per heavy atom. The summed E-state index contributed by atoms with van der Waals surface area (Å²) in [6.45, 7) is 0. The molecule has 0 aliphatic carbocycles. The molecule has 1 aromatic heterocycles. The number of nitrogens with two attached hydrogens (primary N) is 1. The molecule has 1 heterocycles. The third-order valence-electron chi connectivity index (χ3n) is 1.59. The van der Waals surface area contributed by atoms with Gasteiger partial charge in [0.15, 0.2) is 4.34 Å². The Kier molecular flexibility index (Phi) is 6.06. The van der Waals surface area contributed by atoms with Gasteiger partial charge in [-0.25, -0.2) is 4.98 Å². The number of aromatic nitrogens is 1. The van der Waals surface area contributed by atoms with Crippen LogP contribution in [0.4, 0.5) is 0 Å². The van der Waals surface area contributed by atoms with E-state index >= 15 is 0 Å². The van der Waals surface area contributed by atoms with Gasteiger partial charge in [0.25, 0.3) is 0 Å². The van der Waals surface area contributed by atoms with E-state index in [-0.39, 0.29) is 5.75 Å². The minimum atomic E-state index is -0.811. The van der Waals surface area contributed by atoms with Crippen LogP contribution in [0.15, 0.2) is 28.6 Å². The second-order valence-corrected chi connectivity index (χ2v) is 5.85. The molecule has 0 bridgehead atoms. The fourth-order valence-corrected chi connectivity index (χ4v) is 2.82. The van der Waals surface area contributed by atoms with E-state index in [1.807, 2.05) is 24.3 Å². The van der Waals surface area contributed by atoms with Gasteiger partial charge in [-0.2, -0.15) is 0 Å². The molecule has 1 aromatic carbocycles. The summed E-state index contributed by atoms with van der Waals surface area (Å²) < 4.78 is 1.91. The Morgan fingerprint density at radius 3 is 2.67 bits per heavy atom. The second kappa shape index (κ2) is 7.32. The smallest absolute Gasteiger partial charge is 0.313 e. The Labute approximate surface area is 114 Å². The molecular weight excluding hydrogens is 270 g/mol. The van der Waals surface area contributed by atoms with Crippen molar-refractivity contribution in [2.75, 3.05) is 19.8 Å². The maximum absolute atomic E-state index is 10.3. The number of hydrogen-bond acceptors (Lipinski definition) is 6. The van der Waals surface area contributed by atoms with Crippen LogP contribution in [0.1, 0.15) is 0 Å². The summed E-state index contributed by atoms with van der Waals surface area (Å²) in [5, 5.41) is 10.0. The quantitative estimate of drug-likeness (QED) is 0.509. The van der Waals surface area contributed by atoms with E-state index in [0.717, 1.165) is 14.6 Å². The Bertz CT molecular complexity index is 478. The molecular formula is C11H15N3O2S2. The minimum absolute atomic E-state index is 0.0693. The molecule has 0 aliphatic rings. The van der Waals surface area contributed by atoms with Crippen LogP contribution in [0.5, 0.6) is 0 Å². The van der Waals surface area contributed by atoms with Crippen LogP contribution in [0.2, 0.25) is 0 Å². The van der Waals surface area contributed by atoms with Crippen molar-refractivity contribution in [3.05, 3.63) is 24.3 Å². The minimum Gasteiger partial charge on any atom is -0.481 e. The molecule has 0 unspecified atom stereocenters. The first-order valence-corrected chi connectivity index (χ1v) is 6.91. The van der Waals surface area contributed by atoms with E-state index < -0.39 is 5.97 Å². The van der Waals surface area contributed by atoms with Crippen LogP contribution in [0, 0.1) is 0 Å². The number of benzene rings is 1. The van der Waals surface area contributed by atoms with Crippen LogP contribution < -0.4 is 5.84 Å². The molecule has 0 saturated carbocycles. The molecule has 98 valence electrons. The highest BCUT2D eigenvalue weighted by molar-refractivity contribution is 8.01. The molecule has 18 heavy (non-hydrogen) atoms. The first kappa shape index (κ1) is 14.9. The first-order chi connectivity index (χ1) is 8.49. The van der Waals surface area contributed by atoms with Crippen molar-refractivity contribution in [2.24, 2.45) is 5.84 Å². The number of hydrazine groups is 1. The van der Waals surface area contributed by atoms with Crippen molar-refractivity contribution in [3.8, 4) is 0 Å². The van der Waals surface area contributed by atoms with Crippen molar-refractivity contribution in [1.82, 2.24) is 9.99 Å². The van der Waals surface area contributed by atoms with Crippen LogP contribution in [0.3, 0.4) is 0 Å². The van der Waals surface area contributed by atoms with Crippen LogP contribution >= 0.6 is 23.1 Å². The largest absolute Gasteiger partial charge is 0.481 e. The zero-order valence-corrected chi connectivity index (χ0v) is 11.8. The van der Waals surface area contributed by atoms with Gasteiger partial charge in [-0.1, -0.05) is 23.9 Å². The number of thioether (sulfide) groups is 1. The van der Waals surface area contributed by atoms with Gasteiger partial charge < -0.3 is 5.11 Å². The number of carboxylic acids is 1. The lowest BCUT2D eigenvalue weighted by atomic mass is 10.3. The van der Waals surface area contributed by atoms with E-state index in [4.69, 9.17) is 10.9 Å². The summed E-state index contributed by atoms with van der Waals surface area (Å²) >= 11 is 2.79. The number of hydrogen-bond donors (Lipinski definition) is 2. The third-order valence-corrected chi connectivity index (χ3v) is 3.76. The topological polar surface area (TPSA) is 79.5 Å². The van der Waals surface area contributed by atoms with E-state index in [1.54, 1.807) is 14.1 Å². The van der Waals surface area contributed by atoms with Crippen LogP contribution in [-0.2, 0) is 4.79 Å². The number of carboxylic acid groups (broad SMARTS) is 1. The summed E-state index contributed by atoms with van der Waals surface area (Å²) in [6.07, 6.45) is 0. The first-order valence-electron chi connectivity index (χ1n) is 5.11. The van der Waals surface area contributed by atoms with Gasteiger partial charge in [0.2, 0.25) is 0 Å². The monoisotopic (exact) mass is 285 g/mol. The number of fused-ring (bicyclic) bond motifs is 1. The van der Waals surface area contributed by atoms with Crippen molar-refractivity contribution in [1.29, 1.82) is 0 Å². The molecule has 2 aromatic rings. The molecule has 3 N–H and O–H groups in total. The number of nitrogens with zero attached hydrogens (tertiary/aromatic N) is 2. The summed E-state index contributed by atoms with van der Waals surface area (Å²) in [6, 6.07) is 7.79. The lowest BCUT2D eigenvalue weighted by Gasteiger charge is -1.91. The summed E-state index contributed by atoms with van der Waals surface area (Å²) in [7, 11) is 3.56. The number of aliphatic carboxylic acids is 1. The van der Waals surface area contributed by atoms with Crippen molar-refractivity contribution < 1.29 is 9.90 Å². The average molecular weight is 285 g/mol. The standard InChI is InChI=1S/C9H7NO2S2.C2H8N2/c11-8(12)5-13-9-10-6-3-1-2-4-7(6)14-9;1-4(2)3/h1-4H,5H2,(H,11,12);3H2,1-2H3. The van der Waals surface area contributed by atoms with Gasteiger partial charge in [0.05, 0.1) is 16.0 Å².